The lowest BCUT2D eigenvalue weighted by Crippen LogP contribution is -2.56. The van der Waals surface area contributed by atoms with Crippen LogP contribution in [0.2, 0.25) is 0 Å². The molecule has 0 spiro atoms. The molecule has 1 fully saturated rings. The van der Waals surface area contributed by atoms with Crippen molar-refractivity contribution in [2.45, 2.75) is 30.5 Å². The van der Waals surface area contributed by atoms with E-state index in [1.165, 1.54) is 56.7 Å². The summed E-state index contributed by atoms with van der Waals surface area (Å²) in [5.74, 6) is -1.79. The van der Waals surface area contributed by atoms with E-state index in [4.69, 9.17) is 23.4 Å². The third kappa shape index (κ3) is 5.42. The van der Waals surface area contributed by atoms with Crippen molar-refractivity contribution in [2.24, 2.45) is 0 Å². The Bertz CT molecular complexity index is 1710. The summed E-state index contributed by atoms with van der Waals surface area (Å²) in [5.41, 5.74) is -1.05. The quantitative estimate of drug-likeness (QED) is 0.169. The van der Waals surface area contributed by atoms with E-state index in [-0.39, 0.29) is 39.4 Å². The molecule has 1 saturated heterocycles. The number of aromatic hydroxyl groups is 3. The minimum Gasteiger partial charge on any atom is -0.508 e. The SMILES string of the molecule is COc1ccc(C(=O)OC2C(c3c(O)cc(O)c4c(=O)cc(-c5ccc(O)cc5)oc34)OC(CO)C(O)C2O)cc1OC. The monoisotopic (exact) mass is 596 g/mol. The molecule has 1 aliphatic heterocycles. The number of phenolic OH excluding ortho intramolecular Hbond substituents is 3. The number of fused-ring (bicyclic) bond motifs is 1. The largest absolute Gasteiger partial charge is 0.508 e. The predicted molar refractivity (Wildman–Crippen MR) is 148 cm³/mol. The first-order chi connectivity index (χ1) is 20.6. The zero-order valence-corrected chi connectivity index (χ0v) is 22.8. The van der Waals surface area contributed by atoms with Crippen LogP contribution in [0.3, 0.4) is 0 Å². The summed E-state index contributed by atoms with van der Waals surface area (Å²) >= 11 is 0. The van der Waals surface area contributed by atoms with Crippen LogP contribution in [0, 0.1) is 0 Å². The van der Waals surface area contributed by atoms with Crippen LogP contribution in [-0.4, -0.2) is 81.9 Å². The summed E-state index contributed by atoms with van der Waals surface area (Å²) in [7, 11) is 2.78. The van der Waals surface area contributed by atoms with Crippen molar-refractivity contribution in [1.82, 2.24) is 0 Å². The highest BCUT2D eigenvalue weighted by molar-refractivity contribution is 5.91. The number of rotatable bonds is 7. The van der Waals surface area contributed by atoms with Crippen molar-refractivity contribution in [2.75, 3.05) is 20.8 Å². The molecule has 13 nitrogen and oxygen atoms in total. The molecule has 1 aromatic heterocycles. The molecule has 4 aromatic rings. The van der Waals surface area contributed by atoms with Gasteiger partial charge in [-0.2, -0.15) is 0 Å². The molecule has 5 unspecified atom stereocenters. The number of methoxy groups -OCH3 is 2. The molecule has 0 amide bonds. The number of benzene rings is 3. The number of carbonyl (C=O) groups is 1. The van der Waals surface area contributed by atoms with E-state index < -0.39 is 60.0 Å². The molecular weight excluding hydrogens is 568 g/mol. The molecule has 3 aromatic carbocycles. The Morgan fingerprint density at radius 3 is 2.23 bits per heavy atom. The van der Waals surface area contributed by atoms with Gasteiger partial charge >= 0.3 is 5.97 Å². The highest BCUT2D eigenvalue weighted by Gasteiger charge is 2.49. The fraction of sp³-hybridized carbons (Fsp3) is 0.267. The number of carbonyl (C=O) groups excluding carboxylic acids is 1. The molecule has 43 heavy (non-hydrogen) atoms. The third-order valence-corrected chi connectivity index (χ3v) is 7.16. The van der Waals surface area contributed by atoms with Gasteiger partial charge < -0.3 is 54.0 Å². The van der Waals surface area contributed by atoms with Gasteiger partial charge in [-0.05, 0) is 42.5 Å². The fourth-order valence-electron chi connectivity index (χ4n) is 4.97. The van der Waals surface area contributed by atoms with E-state index in [1.54, 1.807) is 0 Å². The van der Waals surface area contributed by atoms with E-state index in [0.717, 1.165) is 12.1 Å². The average Bonchev–Trinajstić information content (AvgIpc) is 2.99. The Morgan fingerprint density at radius 1 is 0.884 bits per heavy atom. The Labute approximate surface area is 243 Å². The summed E-state index contributed by atoms with van der Waals surface area (Å²) in [6.45, 7) is -0.773. The molecule has 226 valence electrons. The second-order valence-electron chi connectivity index (χ2n) is 9.75. The van der Waals surface area contributed by atoms with Crippen LogP contribution in [0.5, 0.6) is 28.7 Å². The van der Waals surface area contributed by atoms with Gasteiger partial charge in [0.15, 0.2) is 28.6 Å². The second-order valence-corrected chi connectivity index (χ2v) is 9.75. The average molecular weight is 597 g/mol. The lowest BCUT2D eigenvalue weighted by atomic mass is 9.89. The van der Waals surface area contributed by atoms with Crippen LogP contribution in [0.4, 0.5) is 0 Å². The van der Waals surface area contributed by atoms with Crippen molar-refractivity contribution in [1.29, 1.82) is 0 Å². The van der Waals surface area contributed by atoms with Crippen LogP contribution in [0.25, 0.3) is 22.3 Å². The van der Waals surface area contributed by atoms with Gasteiger partial charge in [-0.3, -0.25) is 4.79 Å². The maximum absolute atomic E-state index is 13.3. The van der Waals surface area contributed by atoms with Crippen LogP contribution < -0.4 is 14.9 Å². The predicted octanol–water partition coefficient (Wildman–Crippen LogP) is 1.97. The highest BCUT2D eigenvalue weighted by atomic mass is 16.6. The molecule has 13 heteroatoms. The lowest BCUT2D eigenvalue weighted by molar-refractivity contribution is -0.231. The minimum absolute atomic E-state index is 0.0160. The molecule has 0 aliphatic carbocycles. The van der Waals surface area contributed by atoms with Crippen molar-refractivity contribution >= 4 is 16.9 Å². The van der Waals surface area contributed by atoms with Gasteiger partial charge in [-0.25, -0.2) is 4.79 Å². The Balaban J connectivity index is 1.66. The number of aliphatic hydroxyl groups excluding tert-OH is 3. The van der Waals surface area contributed by atoms with Crippen LogP contribution in [0.1, 0.15) is 22.0 Å². The van der Waals surface area contributed by atoms with Crippen molar-refractivity contribution in [3.05, 3.63) is 75.9 Å². The van der Waals surface area contributed by atoms with E-state index in [1.807, 2.05) is 0 Å². The summed E-state index contributed by atoms with van der Waals surface area (Å²) in [4.78, 5) is 26.4. The molecule has 5 rings (SSSR count). The Kier molecular flexibility index (Phi) is 8.15. The molecule has 6 N–H and O–H groups in total. The molecule has 0 bridgehead atoms. The van der Waals surface area contributed by atoms with Gasteiger partial charge in [0.25, 0.3) is 0 Å². The van der Waals surface area contributed by atoms with Gasteiger partial charge in [0.2, 0.25) is 0 Å². The van der Waals surface area contributed by atoms with Gasteiger partial charge in [0, 0.05) is 17.7 Å². The summed E-state index contributed by atoms with van der Waals surface area (Å²) in [6, 6.07) is 11.8. The van der Waals surface area contributed by atoms with E-state index >= 15 is 0 Å². The van der Waals surface area contributed by atoms with Crippen molar-refractivity contribution in [3.63, 3.8) is 0 Å². The third-order valence-electron chi connectivity index (χ3n) is 7.16. The first kappa shape index (κ1) is 29.7. The topological polar surface area (TPSA) is 206 Å². The van der Waals surface area contributed by atoms with Gasteiger partial charge in [-0.1, -0.05) is 0 Å². The molecule has 5 atom stereocenters. The number of phenols is 3. The zero-order valence-electron chi connectivity index (χ0n) is 22.8. The summed E-state index contributed by atoms with van der Waals surface area (Å²) < 4.78 is 27.8. The lowest BCUT2D eigenvalue weighted by Gasteiger charge is -2.42. The Morgan fingerprint density at radius 2 is 1.58 bits per heavy atom. The normalized spacial score (nSPS) is 21.8. The Hall–Kier alpha value is -4.82. The van der Waals surface area contributed by atoms with E-state index in [0.29, 0.717) is 11.3 Å². The second kappa shape index (κ2) is 11.8. The van der Waals surface area contributed by atoms with Gasteiger partial charge in [0.05, 0.1) is 32.0 Å². The number of aliphatic hydroxyl groups is 3. The molecule has 0 saturated carbocycles. The van der Waals surface area contributed by atoms with Gasteiger partial charge in [-0.15, -0.1) is 0 Å². The van der Waals surface area contributed by atoms with Crippen molar-refractivity contribution in [3.8, 4) is 40.1 Å². The number of hydrogen-bond donors (Lipinski definition) is 6. The van der Waals surface area contributed by atoms with Crippen LogP contribution in [-0.2, 0) is 9.47 Å². The summed E-state index contributed by atoms with van der Waals surface area (Å²) in [6.07, 6.45) is -8.34. The molecular formula is C30H28O13. The minimum atomic E-state index is -1.85. The first-order valence-electron chi connectivity index (χ1n) is 13.0. The van der Waals surface area contributed by atoms with Crippen LogP contribution in [0.15, 0.2) is 63.8 Å². The molecule has 2 heterocycles. The van der Waals surface area contributed by atoms with Gasteiger partial charge in [0.1, 0.15) is 52.8 Å². The maximum Gasteiger partial charge on any atom is 0.338 e. The summed E-state index contributed by atoms with van der Waals surface area (Å²) in [5, 5.41) is 62.5. The maximum atomic E-state index is 13.3. The van der Waals surface area contributed by atoms with E-state index in [9.17, 15) is 40.2 Å². The molecule has 1 aliphatic rings. The number of hydrogen-bond acceptors (Lipinski definition) is 13. The number of ether oxygens (including phenoxy) is 4. The zero-order chi connectivity index (χ0) is 31.0. The smallest absolute Gasteiger partial charge is 0.338 e. The number of esters is 1. The van der Waals surface area contributed by atoms with Crippen LogP contribution >= 0.6 is 0 Å². The van der Waals surface area contributed by atoms with E-state index in [2.05, 4.69) is 0 Å². The van der Waals surface area contributed by atoms with Crippen molar-refractivity contribution < 1.29 is 58.8 Å². The molecule has 0 radical (unpaired) electrons. The first-order valence-corrected chi connectivity index (χ1v) is 13.0. The standard InChI is InChI=1S/C30H28O13/c1-39-19-8-5-14(9-21(19)40-2)30(38)43-29-26(37)25(36)22(12-31)42-28(29)24-17(34)10-16(33)23-18(35)11-20(41-27(23)24)13-3-6-15(32)7-4-13/h3-11,22,25-26,28-29,31-34,36-37H,12H2,1-2H3. The highest BCUT2D eigenvalue weighted by Crippen LogP contribution is 2.45. The fourth-order valence-corrected chi connectivity index (χ4v) is 4.97.